The Morgan fingerprint density at radius 2 is 2.05 bits per heavy atom. The summed E-state index contributed by atoms with van der Waals surface area (Å²) in [6.45, 7) is 7.53. The van der Waals surface area contributed by atoms with Crippen LogP contribution in [0, 0.1) is 0 Å². The Bertz CT molecular complexity index is 388. The maximum atomic E-state index is 12.1. The molecule has 6 heteroatoms. The highest BCUT2D eigenvalue weighted by Gasteiger charge is 2.18. The van der Waals surface area contributed by atoms with Crippen molar-refractivity contribution in [1.82, 2.24) is 4.90 Å². The maximum Gasteiger partial charge on any atom is 0.334 e. The summed E-state index contributed by atoms with van der Waals surface area (Å²) in [6.07, 6.45) is 3.98. The normalized spacial score (nSPS) is 18.0. The molecule has 0 aromatic rings. The number of hydrogen-bond donors (Lipinski definition) is 1. The summed E-state index contributed by atoms with van der Waals surface area (Å²) < 4.78 is 10.6. The van der Waals surface area contributed by atoms with Crippen molar-refractivity contribution in [3.63, 3.8) is 0 Å². The second-order valence-electron chi connectivity index (χ2n) is 5.57. The van der Waals surface area contributed by atoms with Gasteiger partial charge in [0.05, 0.1) is 19.3 Å². The zero-order valence-electron chi connectivity index (χ0n) is 13.5. The van der Waals surface area contributed by atoms with Gasteiger partial charge in [-0.15, -0.1) is 0 Å². The first-order valence-corrected chi connectivity index (χ1v) is 7.97. The van der Waals surface area contributed by atoms with Crippen LogP contribution in [0.1, 0.15) is 39.5 Å². The van der Waals surface area contributed by atoms with Crippen molar-refractivity contribution in [1.29, 1.82) is 0 Å². The summed E-state index contributed by atoms with van der Waals surface area (Å²) in [5.74, 6) is -1.63. The smallest absolute Gasteiger partial charge is 0.334 e. The number of hydrogen-bond acceptors (Lipinski definition) is 5. The van der Waals surface area contributed by atoms with E-state index in [-0.39, 0.29) is 11.7 Å². The lowest BCUT2D eigenvalue weighted by molar-refractivity contribution is -0.144. The number of carbonyl (C=O) groups excluding carboxylic acids is 1. The number of nitrogens with zero attached hydrogens (tertiary/aromatic N) is 1. The molecule has 1 aliphatic rings. The molecule has 1 fully saturated rings. The van der Waals surface area contributed by atoms with Crippen LogP contribution in [0.4, 0.5) is 0 Å². The zero-order valence-corrected chi connectivity index (χ0v) is 13.5. The summed E-state index contributed by atoms with van der Waals surface area (Å²) in [4.78, 5) is 25.2. The quantitative estimate of drug-likeness (QED) is 0.517. The molecular formula is C16H27NO5. The zero-order chi connectivity index (χ0) is 16.4. The second kappa shape index (κ2) is 10.3. The van der Waals surface area contributed by atoms with E-state index in [9.17, 15) is 9.59 Å². The molecule has 0 saturated carbocycles. The maximum absolute atomic E-state index is 12.1. The van der Waals surface area contributed by atoms with Crippen molar-refractivity contribution >= 4 is 11.9 Å². The third-order valence-corrected chi connectivity index (χ3v) is 3.63. The van der Waals surface area contributed by atoms with Crippen molar-refractivity contribution < 1.29 is 24.2 Å². The van der Waals surface area contributed by atoms with Crippen molar-refractivity contribution in [2.24, 2.45) is 0 Å². The summed E-state index contributed by atoms with van der Waals surface area (Å²) in [5.41, 5.74) is 0.224. The predicted octanol–water partition coefficient (Wildman–Crippen LogP) is 1.84. The van der Waals surface area contributed by atoms with Gasteiger partial charge in [-0.2, -0.15) is 0 Å². The Hall–Kier alpha value is -1.40. The van der Waals surface area contributed by atoms with Crippen LogP contribution in [0.3, 0.4) is 0 Å². The van der Waals surface area contributed by atoms with E-state index in [1.54, 1.807) is 0 Å². The first-order chi connectivity index (χ1) is 10.5. The van der Waals surface area contributed by atoms with Crippen LogP contribution in [0.25, 0.3) is 0 Å². The minimum Gasteiger partial charge on any atom is -0.478 e. The molecule has 1 N–H and O–H groups in total. The highest BCUT2D eigenvalue weighted by atomic mass is 16.5. The molecule has 1 aliphatic heterocycles. The standard InChI is InChI=1S/C16H27NO5/c1-3-4-5-13(2)22-16(20)14(12-15(18)19)6-7-17-8-10-21-11-9-17/h12-13H,3-11H2,1-2H3,(H,18,19)/b14-12+. The molecule has 0 aromatic carbocycles. The number of morpholine rings is 1. The molecule has 1 unspecified atom stereocenters. The number of carbonyl (C=O) groups is 2. The number of aliphatic carboxylic acids is 1. The largest absolute Gasteiger partial charge is 0.478 e. The number of esters is 1. The lowest BCUT2D eigenvalue weighted by Gasteiger charge is -2.26. The number of carboxylic acids is 1. The highest BCUT2D eigenvalue weighted by molar-refractivity contribution is 5.95. The average molecular weight is 313 g/mol. The molecule has 1 atom stereocenters. The first kappa shape index (κ1) is 18.6. The minimum absolute atomic E-state index is 0.187. The van der Waals surface area contributed by atoms with Gasteiger partial charge in [0.15, 0.2) is 0 Å². The summed E-state index contributed by atoms with van der Waals surface area (Å²) in [7, 11) is 0. The molecule has 6 nitrogen and oxygen atoms in total. The minimum atomic E-state index is -1.12. The van der Waals surface area contributed by atoms with E-state index in [1.165, 1.54) is 0 Å². The Morgan fingerprint density at radius 3 is 2.64 bits per heavy atom. The number of rotatable bonds is 9. The van der Waals surface area contributed by atoms with Gasteiger partial charge in [-0.3, -0.25) is 4.90 Å². The van der Waals surface area contributed by atoms with Crippen LogP contribution < -0.4 is 0 Å². The number of unbranched alkanes of at least 4 members (excludes halogenated alkanes) is 1. The fourth-order valence-electron chi connectivity index (χ4n) is 2.29. The molecule has 0 amide bonds. The molecule has 0 aliphatic carbocycles. The van der Waals surface area contributed by atoms with E-state index >= 15 is 0 Å². The number of ether oxygens (including phenoxy) is 2. The van der Waals surface area contributed by atoms with E-state index in [0.29, 0.717) is 26.2 Å². The molecule has 0 radical (unpaired) electrons. The van der Waals surface area contributed by atoms with Gasteiger partial charge in [0.2, 0.25) is 0 Å². The third kappa shape index (κ3) is 7.56. The summed E-state index contributed by atoms with van der Waals surface area (Å²) in [5, 5.41) is 8.93. The van der Waals surface area contributed by atoms with E-state index in [0.717, 1.165) is 38.4 Å². The molecule has 0 spiro atoms. The van der Waals surface area contributed by atoms with Gasteiger partial charge in [-0.25, -0.2) is 9.59 Å². The van der Waals surface area contributed by atoms with Crippen LogP contribution >= 0.6 is 0 Å². The summed E-state index contributed by atoms with van der Waals surface area (Å²) in [6, 6.07) is 0. The molecule has 1 saturated heterocycles. The Balaban J connectivity index is 2.51. The lowest BCUT2D eigenvalue weighted by atomic mass is 10.1. The Morgan fingerprint density at radius 1 is 1.36 bits per heavy atom. The topological polar surface area (TPSA) is 76.1 Å². The van der Waals surface area contributed by atoms with Crippen LogP contribution in [0.5, 0.6) is 0 Å². The molecule has 22 heavy (non-hydrogen) atoms. The van der Waals surface area contributed by atoms with Crippen LogP contribution in [0.15, 0.2) is 11.6 Å². The van der Waals surface area contributed by atoms with Gasteiger partial charge in [-0.1, -0.05) is 19.8 Å². The molecule has 1 heterocycles. The molecule has 0 aromatic heterocycles. The second-order valence-corrected chi connectivity index (χ2v) is 5.57. The van der Waals surface area contributed by atoms with E-state index in [4.69, 9.17) is 14.6 Å². The van der Waals surface area contributed by atoms with Crippen LogP contribution in [-0.2, 0) is 19.1 Å². The fraction of sp³-hybridized carbons (Fsp3) is 0.750. The lowest BCUT2D eigenvalue weighted by Crippen LogP contribution is -2.37. The number of carboxylic acid groups (broad SMARTS) is 1. The fourth-order valence-corrected chi connectivity index (χ4v) is 2.29. The van der Waals surface area contributed by atoms with Crippen LogP contribution in [0.2, 0.25) is 0 Å². The highest BCUT2D eigenvalue weighted by Crippen LogP contribution is 2.12. The van der Waals surface area contributed by atoms with Gasteiger partial charge in [-0.05, 0) is 19.8 Å². The third-order valence-electron chi connectivity index (χ3n) is 3.63. The Kier molecular flexibility index (Phi) is 8.77. The molecular weight excluding hydrogens is 286 g/mol. The van der Waals surface area contributed by atoms with Gasteiger partial charge < -0.3 is 14.6 Å². The van der Waals surface area contributed by atoms with Gasteiger partial charge in [0.25, 0.3) is 0 Å². The van der Waals surface area contributed by atoms with Crippen molar-refractivity contribution in [2.75, 3.05) is 32.8 Å². The van der Waals surface area contributed by atoms with E-state index < -0.39 is 11.9 Å². The van der Waals surface area contributed by atoms with Crippen LogP contribution in [-0.4, -0.2) is 60.9 Å². The SMILES string of the molecule is CCCCC(C)OC(=O)/C(=C/C(=O)O)CCN1CCOCC1. The molecule has 0 bridgehead atoms. The molecule has 1 rings (SSSR count). The first-order valence-electron chi connectivity index (χ1n) is 7.97. The van der Waals surface area contributed by atoms with Gasteiger partial charge in [0.1, 0.15) is 0 Å². The Labute approximate surface area is 132 Å². The van der Waals surface area contributed by atoms with Gasteiger partial charge in [0, 0.05) is 31.3 Å². The average Bonchev–Trinajstić information content (AvgIpc) is 2.50. The van der Waals surface area contributed by atoms with Gasteiger partial charge >= 0.3 is 11.9 Å². The molecule has 126 valence electrons. The van der Waals surface area contributed by atoms with E-state index in [1.807, 2.05) is 6.92 Å². The monoisotopic (exact) mass is 313 g/mol. The predicted molar refractivity (Wildman–Crippen MR) is 82.7 cm³/mol. The van der Waals surface area contributed by atoms with Crippen molar-refractivity contribution in [3.8, 4) is 0 Å². The summed E-state index contributed by atoms with van der Waals surface area (Å²) >= 11 is 0. The van der Waals surface area contributed by atoms with Crippen molar-refractivity contribution in [3.05, 3.63) is 11.6 Å². The van der Waals surface area contributed by atoms with Crippen molar-refractivity contribution in [2.45, 2.75) is 45.6 Å². The van der Waals surface area contributed by atoms with E-state index in [2.05, 4.69) is 11.8 Å².